The lowest BCUT2D eigenvalue weighted by molar-refractivity contribution is -0.137. The Kier molecular flexibility index (Phi) is 3.59. The van der Waals surface area contributed by atoms with Gasteiger partial charge in [-0.2, -0.15) is 0 Å². The lowest BCUT2D eigenvalue weighted by atomic mass is 10.0. The third-order valence-electron chi connectivity index (χ3n) is 3.59. The molecule has 4 nitrogen and oxygen atoms in total. The van der Waals surface area contributed by atoms with Gasteiger partial charge in [-0.15, -0.1) is 0 Å². The van der Waals surface area contributed by atoms with Crippen molar-refractivity contribution in [1.29, 1.82) is 0 Å². The van der Waals surface area contributed by atoms with Gasteiger partial charge in [0.2, 0.25) is 0 Å². The van der Waals surface area contributed by atoms with Gasteiger partial charge in [0.25, 0.3) is 0 Å². The average molecular weight is 212 g/mol. The van der Waals surface area contributed by atoms with Crippen molar-refractivity contribution in [3.05, 3.63) is 0 Å². The van der Waals surface area contributed by atoms with Crippen LogP contribution in [0.15, 0.2) is 0 Å². The van der Waals surface area contributed by atoms with Crippen molar-refractivity contribution < 1.29 is 9.90 Å². The first-order valence-corrected chi connectivity index (χ1v) is 5.96. The van der Waals surface area contributed by atoms with E-state index in [0.717, 1.165) is 19.6 Å². The van der Waals surface area contributed by atoms with E-state index in [1.165, 1.54) is 25.7 Å². The van der Waals surface area contributed by atoms with Gasteiger partial charge in [0, 0.05) is 18.6 Å². The molecule has 0 aromatic carbocycles. The van der Waals surface area contributed by atoms with Gasteiger partial charge in [-0.25, -0.2) is 0 Å². The third kappa shape index (κ3) is 2.69. The summed E-state index contributed by atoms with van der Waals surface area (Å²) in [5.41, 5.74) is 0. The molecule has 4 heteroatoms. The van der Waals surface area contributed by atoms with Gasteiger partial charge in [0.15, 0.2) is 0 Å². The van der Waals surface area contributed by atoms with Crippen molar-refractivity contribution in [3.8, 4) is 0 Å². The first-order chi connectivity index (χ1) is 7.27. The number of nitrogens with one attached hydrogen (secondary N) is 1. The Bertz CT molecular complexity index is 227. The predicted octanol–water partition coefficient (Wildman–Crippen LogP) is 0.677. The van der Waals surface area contributed by atoms with E-state index in [0.29, 0.717) is 12.1 Å². The molecule has 0 amide bonds. The second-order valence-electron chi connectivity index (χ2n) is 4.59. The maximum Gasteiger partial charge on any atom is 0.304 e. The summed E-state index contributed by atoms with van der Waals surface area (Å²) in [5, 5.41) is 12.2. The predicted molar refractivity (Wildman–Crippen MR) is 57.9 cm³/mol. The van der Waals surface area contributed by atoms with Crippen LogP contribution in [-0.2, 0) is 4.79 Å². The first-order valence-electron chi connectivity index (χ1n) is 5.96. The van der Waals surface area contributed by atoms with Crippen molar-refractivity contribution in [3.63, 3.8) is 0 Å². The number of carboxylic acid groups (broad SMARTS) is 1. The van der Waals surface area contributed by atoms with Gasteiger partial charge in [-0.3, -0.25) is 9.69 Å². The molecular weight excluding hydrogens is 192 g/mol. The Morgan fingerprint density at radius 3 is 2.93 bits per heavy atom. The molecule has 0 radical (unpaired) electrons. The first kappa shape index (κ1) is 10.9. The summed E-state index contributed by atoms with van der Waals surface area (Å²) in [7, 11) is 0. The van der Waals surface area contributed by atoms with Gasteiger partial charge in [-0.05, 0) is 38.8 Å². The Balaban J connectivity index is 1.84. The van der Waals surface area contributed by atoms with E-state index in [-0.39, 0.29) is 6.42 Å². The van der Waals surface area contributed by atoms with Crippen molar-refractivity contribution in [2.75, 3.05) is 19.6 Å². The number of nitrogens with zero attached hydrogens (tertiary/aromatic N) is 1. The van der Waals surface area contributed by atoms with E-state index < -0.39 is 5.97 Å². The number of carboxylic acids is 1. The van der Waals surface area contributed by atoms with Gasteiger partial charge in [0.05, 0.1) is 6.42 Å². The SMILES string of the molecule is O=C(O)CCN1CCCC1C1CCCN1. The number of aliphatic carboxylic acids is 1. The normalized spacial score (nSPS) is 32.3. The number of hydrogen-bond acceptors (Lipinski definition) is 3. The van der Waals surface area contributed by atoms with E-state index in [4.69, 9.17) is 5.11 Å². The number of likely N-dealkylation sites (tertiary alicyclic amines) is 1. The zero-order valence-corrected chi connectivity index (χ0v) is 9.11. The van der Waals surface area contributed by atoms with Crippen LogP contribution in [0.5, 0.6) is 0 Å². The van der Waals surface area contributed by atoms with E-state index in [1.54, 1.807) is 0 Å². The average Bonchev–Trinajstić information content (AvgIpc) is 2.85. The second kappa shape index (κ2) is 4.94. The van der Waals surface area contributed by atoms with Crippen molar-refractivity contribution in [2.24, 2.45) is 0 Å². The number of rotatable bonds is 4. The highest BCUT2D eigenvalue weighted by Gasteiger charge is 2.32. The zero-order chi connectivity index (χ0) is 10.7. The fraction of sp³-hybridized carbons (Fsp3) is 0.909. The Hall–Kier alpha value is -0.610. The van der Waals surface area contributed by atoms with E-state index in [9.17, 15) is 4.79 Å². The molecule has 2 N–H and O–H groups in total. The molecule has 0 aliphatic carbocycles. The maximum absolute atomic E-state index is 10.5. The largest absolute Gasteiger partial charge is 0.481 e. The lowest BCUT2D eigenvalue weighted by Crippen LogP contribution is -2.44. The molecule has 0 bridgehead atoms. The molecule has 0 spiro atoms. The fourth-order valence-corrected chi connectivity index (χ4v) is 2.86. The van der Waals surface area contributed by atoms with Crippen LogP contribution in [0.4, 0.5) is 0 Å². The summed E-state index contributed by atoms with van der Waals surface area (Å²) in [6, 6.07) is 1.20. The van der Waals surface area contributed by atoms with Crippen LogP contribution in [0.2, 0.25) is 0 Å². The minimum absolute atomic E-state index is 0.281. The Morgan fingerprint density at radius 1 is 1.40 bits per heavy atom. The van der Waals surface area contributed by atoms with E-state index in [1.807, 2.05) is 0 Å². The van der Waals surface area contributed by atoms with Crippen molar-refractivity contribution >= 4 is 5.97 Å². The summed E-state index contributed by atoms with van der Waals surface area (Å²) >= 11 is 0. The standard InChI is InChI=1S/C11H20N2O2/c14-11(15)5-8-13-7-2-4-10(13)9-3-1-6-12-9/h9-10,12H,1-8H2,(H,14,15). The van der Waals surface area contributed by atoms with Gasteiger partial charge >= 0.3 is 5.97 Å². The van der Waals surface area contributed by atoms with Crippen LogP contribution >= 0.6 is 0 Å². The third-order valence-corrected chi connectivity index (χ3v) is 3.59. The minimum Gasteiger partial charge on any atom is -0.481 e. The van der Waals surface area contributed by atoms with Gasteiger partial charge in [0.1, 0.15) is 0 Å². The lowest BCUT2D eigenvalue weighted by Gasteiger charge is -2.28. The summed E-state index contributed by atoms with van der Waals surface area (Å²) in [6.07, 6.45) is 5.27. The molecule has 0 saturated carbocycles. The Morgan fingerprint density at radius 2 is 2.27 bits per heavy atom. The molecule has 86 valence electrons. The molecule has 2 unspecified atom stereocenters. The minimum atomic E-state index is -0.681. The highest BCUT2D eigenvalue weighted by Crippen LogP contribution is 2.24. The molecule has 2 atom stereocenters. The van der Waals surface area contributed by atoms with Crippen LogP contribution in [-0.4, -0.2) is 47.7 Å². The van der Waals surface area contributed by atoms with Crippen LogP contribution in [0.1, 0.15) is 32.1 Å². The summed E-state index contributed by atoms with van der Waals surface area (Å²) in [5.74, 6) is -0.681. The second-order valence-corrected chi connectivity index (χ2v) is 4.59. The fourth-order valence-electron chi connectivity index (χ4n) is 2.86. The van der Waals surface area contributed by atoms with Crippen LogP contribution in [0.3, 0.4) is 0 Å². The summed E-state index contributed by atoms with van der Waals surface area (Å²) in [4.78, 5) is 12.9. The monoisotopic (exact) mass is 212 g/mol. The highest BCUT2D eigenvalue weighted by atomic mass is 16.4. The van der Waals surface area contributed by atoms with E-state index >= 15 is 0 Å². The molecule has 0 aromatic rings. The van der Waals surface area contributed by atoms with Crippen LogP contribution < -0.4 is 5.32 Å². The molecule has 2 aliphatic rings. The molecule has 0 aromatic heterocycles. The number of hydrogen-bond donors (Lipinski definition) is 2. The molecule has 2 heterocycles. The number of carbonyl (C=O) groups is 1. The molecular formula is C11H20N2O2. The maximum atomic E-state index is 10.5. The highest BCUT2D eigenvalue weighted by molar-refractivity contribution is 5.66. The van der Waals surface area contributed by atoms with Gasteiger partial charge in [-0.1, -0.05) is 0 Å². The summed E-state index contributed by atoms with van der Waals surface area (Å²) in [6.45, 7) is 2.93. The van der Waals surface area contributed by atoms with E-state index in [2.05, 4.69) is 10.2 Å². The molecule has 2 aliphatic heterocycles. The van der Waals surface area contributed by atoms with Crippen LogP contribution in [0.25, 0.3) is 0 Å². The summed E-state index contributed by atoms with van der Waals surface area (Å²) < 4.78 is 0. The molecule has 2 saturated heterocycles. The molecule has 2 rings (SSSR count). The van der Waals surface area contributed by atoms with Crippen LogP contribution in [0, 0.1) is 0 Å². The van der Waals surface area contributed by atoms with Crippen molar-refractivity contribution in [1.82, 2.24) is 10.2 Å². The van der Waals surface area contributed by atoms with Gasteiger partial charge < -0.3 is 10.4 Å². The zero-order valence-electron chi connectivity index (χ0n) is 9.11. The Labute approximate surface area is 90.6 Å². The molecule has 15 heavy (non-hydrogen) atoms. The smallest absolute Gasteiger partial charge is 0.304 e. The topological polar surface area (TPSA) is 52.6 Å². The quantitative estimate of drug-likeness (QED) is 0.719. The molecule has 2 fully saturated rings. The van der Waals surface area contributed by atoms with Crippen molar-refractivity contribution in [2.45, 2.75) is 44.2 Å².